The molecule has 1 aromatic rings. The van der Waals surface area contributed by atoms with E-state index >= 15 is 0 Å². The predicted molar refractivity (Wildman–Crippen MR) is 149 cm³/mol. The first-order valence-electron chi connectivity index (χ1n) is 13.8. The number of rotatable bonds is 17. The number of amides is 1. The molecular formula is C30H45NO7. The summed E-state index contributed by atoms with van der Waals surface area (Å²) in [4.78, 5) is 12.2. The molecule has 1 fully saturated rings. The minimum atomic E-state index is -1.50. The number of allylic oxidation sites excluding steroid dienone is 6. The summed E-state index contributed by atoms with van der Waals surface area (Å²) in [6.45, 7) is 1.61. The second-order valence-corrected chi connectivity index (χ2v) is 9.49. The zero-order chi connectivity index (χ0) is 27.6. The molecule has 212 valence electrons. The third-order valence-corrected chi connectivity index (χ3v) is 6.29. The summed E-state index contributed by atoms with van der Waals surface area (Å²) in [6, 6.07) is 6.55. The summed E-state index contributed by atoms with van der Waals surface area (Å²) in [5.41, 5.74) is 0.621. The van der Waals surface area contributed by atoms with Gasteiger partial charge in [0.1, 0.15) is 30.2 Å². The highest BCUT2D eigenvalue weighted by atomic mass is 16.7. The first-order chi connectivity index (χ1) is 18.5. The number of aliphatic hydroxyl groups excluding tert-OH is 4. The van der Waals surface area contributed by atoms with E-state index in [1.807, 2.05) is 0 Å². The molecule has 0 spiro atoms. The summed E-state index contributed by atoms with van der Waals surface area (Å²) in [5.74, 6) is 0.298. The van der Waals surface area contributed by atoms with E-state index in [2.05, 4.69) is 48.7 Å². The van der Waals surface area contributed by atoms with Gasteiger partial charge in [-0.05, 0) is 62.8 Å². The Morgan fingerprint density at radius 1 is 0.868 bits per heavy atom. The van der Waals surface area contributed by atoms with E-state index in [1.165, 1.54) is 12.8 Å². The van der Waals surface area contributed by atoms with Crippen molar-refractivity contribution in [3.8, 4) is 5.75 Å². The standard InChI is InChI=1S/C30H45NO7/c1-2-3-4-5-6-7-8-9-10-11-12-13-14-15-16-17-26(33)31-23-18-20-24(21-19-23)37-30-29(36)28(35)27(34)25(22-32)38-30/h3-4,6-7,9-10,18-21,25,27-30,32,34-36H,2,5,8,11-17,22H2,1H3,(H,31,33)/b4-3-,7-6-,10-9-/t25-,27+,28+,29-,30-/m1/s1. The molecule has 0 radical (unpaired) electrons. The predicted octanol–water partition coefficient (Wildman–Crippen LogP) is 4.39. The van der Waals surface area contributed by atoms with Crippen molar-refractivity contribution in [2.45, 2.75) is 102 Å². The highest BCUT2D eigenvalue weighted by Crippen LogP contribution is 2.25. The van der Waals surface area contributed by atoms with Gasteiger partial charge in [0, 0.05) is 12.1 Å². The van der Waals surface area contributed by atoms with E-state index in [4.69, 9.17) is 9.47 Å². The van der Waals surface area contributed by atoms with Crippen LogP contribution in [0.15, 0.2) is 60.7 Å². The van der Waals surface area contributed by atoms with E-state index in [0.717, 1.165) is 44.9 Å². The van der Waals surface area contributed by atoms with Gasteiger partial charge < -0.3 is 35.2 Å². The molecule has 38 heavy (non-hydrogen) atoms. The number of benzene rings is 1. The zero-order valence-corrected chi connectivity index (χ0v) is 22.5. The molecule has 2 rings (SSSR count). The Bertz CT molecular complexity index is 866. The lowest BCUT2D eigenvalue weighted by atomic mass is 9.99. The number of nitrogens with one attached hydrogen (secondary N) is 1. The van der Waals surface area contributed by atoms with Gasteiger partial charge in [-0.15, -0.1) is 0 Å². The molecule has 1 amide bonds. The Morgan fingerprint density at radius 2 is 1.50 bits per heavy atom. The Balaban J connectivity index is 1.55. The first-order valence-corrected chi connectivity index (χ1v) is 13.8. The van der Waals surface area contributed by atoms with Gasteiger partial charge in [-0.3, -0.25) is 4.79 Å². The molecule has 5 N–H and O–H groups in total. The smallest absolute Gasteiger partial charge is 0.229 e. The fraction of sp³-hybridized carbons (Fsp3) is 0.567. The van der Waals surface area contributed by atoms with Crippen LogP contribution < -0.4 is 10.1 Å². The van der Waals surface area contributed by atoms with Crippen LogP contribution in [-0.2, 0) is 9.53 Å². The second-order valence-electron chi connectivity index (χ2n) is 9.49. The van der Waals surface area contributed by atoms with E-state index in [0.29, 0.717) is 17.9 Å². The summed E-state index contributed by atoms with van der Waals surface area (Å²) < 4.78 is 10.9. The summed E-state index contributed by atoms with van der Waals surface area (Å²) in [7, 11) is 0. The zero-order valence-electron chi connectivity index (χ0n) is 22.5. The maximum Gasteiger partial charge on any atom is 0.229 e. The maximum absolute atomic E-state index is 12.2. The number of unbranched alkanes of at least 4 members (excludes halogenated alkanes) is 5. The normalized spacial score (nSPS) is 24.0. The molecule has 8 heteroatoms. The van der Waals surface area contributed by atoms with Crippen LogP contribution in [0.1, 0.15) is 71.1 Å². The Kier molecular flexibility index (Phi) is 15.6. The highest BCUT2D eigenvalue weighted by molar-refractivity contribution is 5.90. The van der Waals surface area contributed by atoms with Crippen molar-refractivity contribution in [2.75, 3.05) is 11.9 Å². The molecule has 0 bridgehead atoms. The van der Waals surface area contributed by atoms with Crippen molar-refractivity contribution in [3.05, 3.63) is 60.7 Å². The van der Waals surface area contributed by atoms with Crippen molar-refractivity contribution in [1.82, 2.24) is 0 Å². The second kappa shape index (κ2) is 18.7. The van der Waals surface area contributed by atoms with E-state index in [1.54, 1.807) is 24.3 Å². The van der Waals surface area contributed by atoms with E-state index in [9.17, 15) is 25.2 Å². The van der Waals surface area contributed by atoms with Crippen LogP contribution in [0, 0.1) is 0 Å². The van der Waals surface area contributed by atoms with Gasteiger partial charge in [0.2, 0.25) is 12.2 Å². The van der Waals surface area contributed by atoms with Crippen LogP contribution >= 0.6 is 0 Å². The molecular weight excluding hydrogens is 486 g/mol. The molecule has 1 saturated heterocycles. The lowest BCUT2D eigenvalue weighted by Crippen LogP contribution is -2.60. The number of aliphatic hydroxyl groups is 4. The minimum Gasteiger partial charge on any atom is -0.462 e. The summed E-state index contributed by atoms with van der Waals surface area (Å²) in [6.07, 6.45) is 16.5. The van der Waals surface area contributed by atoms with Gasteiger partial charge in [0.15, 0.2) is 0 Å². The van der Waals surface area contributed by atoms with Gasteiger partial charge in [-0.2, -0.15) is 0 Å². The fourth-order valence-corrected chi connectivity index (χ4v) is 4.04. The molecule has 0 aliphatic carbocycles. The lowest BCUT2D eigenvalue weighted by molar-refractivity contribution is -0.277. The third kappa shape index (κ3) is 11.9. The molecule has 5 atom stereocenters. The van der Waals surface area contributed by atoms with Gasteiger partial charge in [-0.25, -0.2) is 0 Å². The third-order valence-electron chi connectivity index (χ3n) is 6.29. The molecule has 0 unspecified atom stereocenters. The highest BCUT2D eigenvalue weighted by Gasteiger charge is 2.44. The molecule has 1 aromatic carbocycles. The molecule has 1 aliphatic rings. The molecule has 0 aromatic heterocycles. The number of anilines is 1. The monoisotopic (exact) mass is 531 g/mol. The average molecular weight is 532 g/mol. The van der Waals surface area contributed by atoms with Gasteiger partial charge in [-0.1, -0.05) is 62.6 Å². The molecule has 0 saturated carbocycles. The number of carbonyl (C=O) groups is 1. The van der Waals surface area contributed by atoms with E-state index in [-0.39, 0.29) is 5.91 Å². The quantitative estimate of drug-likeness (QED) is 0.149. The number of carbonyl (C=O) groups excluding carboxylic acids is 1. The Morgan fingerprint density at radius 3 is 2.18 bits per heavy atom. The SMILES string of the molecule is CC/C=C\C/C=C\C/C=C\CCCCCCCC(=O)Nc1ccc(O[C@@H]2O[C@H](CO)[C@H](O)[C@H](O)[C@H]2O)cc1. The summed E-state index contributed by atoms with van der Waals surface area (Å²) >= 11 is 0. The first kappa shape index (κ1) is 31.7. The fourth-order valence-electron chi connectivity index (χ4n) is 4.04. The topological polar surface area (TPSA) is 128 Å². The molecule has 1 heterocycles. The Hall–Kier alpha value is -2.49. The van der Waals surface area contributed by atoms with Crippen LogP contribution in [0.2, 0.25) is 0 Å². The summed E-state index contributed by atoms with van der Waals surface area (Å²) in [5, 5.41) is 41.9. The van der Waals surface area contributed by atoms with Crippen LogP contribution in [0.25, 0.3) is 0 Å². The van der Waals surface area contributed by atoms with Crippen molar-refractivity contribution >= 4 is 11.6 Å². The van der Waals surface area contributed by atoms with Crippen LogP contribution in [-0.4, -0.2) is 63.6 Å². The van der Waals surface area contributed by atoms with E-state index < -0.39 is 37.3 Å². The van der Waals surface area contributed by atoms with Crippen molar-refractivity contribution in [2.24, 2.45) is 0 Å². The van der Waals surface area contributed by atoms with Crippen LogP contribution in [0.5, 0.6) is 5.75 Å². The van der Waals surface area contributed by atoms with Crippen molar-refractivity contribution in [1.29, 1.82) is 0 Å². The van der Waals surface area contributed by atoms with Crippen LogP contribution in [0.3, 0.4) is 0 Å². The van der Waals surface area contributed by atoms with Crippen molar-refractivity contribution < 1.29 is 34.7 Å². The molecule has 1 aliphatic heterocycles. The maximum atomic E-state index is 12.2. The minimum absolute atomic E-state index is 0.0474. The van der Waals surface area contributed by atoms with Crippen molar-refractivity contribution in [3.63, 3.8) is 0 Å². The van der Waals surface area contributed by atoms with Gasteiger partial charge in [0.25, 0.3) is 0 Å². The lowest BCUT2D eigenvalue weighted by Gasteiger charge is -2.39. The number of ether oxygens (including phenoxy) is 2. The van der Waals surface area contributed by atoms with Gasteiger partial charge in [0.05, 0.1) is 6.61 Å². The Labute approximate surface area is 226 Å². The van der Waals surface area contributed by atoms with Gasteiger partial charge >= 0.3 is 0 Å². The average Bonchev–Trinajstić information content (AvgIpc) is 2.92. The number of hydrogen-bond acceptors (Lipinski definition) is 7. The molecule has 8 nitrogen and oxygen atoms in total. The number of hydrogen-bond donors (Lipinski definition) is 5. The largest absolute Gasteiger partial charge is 0.462 e. The van der Waals surface area contributed by atoms with Crippen LogP contribution in [0.4, 0.5) is 5.69 Å².